The SMILES string of the molecule is CCC1CCCC1(CN)N(C)C1CCOC1. The molecule has 0 spiro atoms. The number of ether oxygens (including phenoxy) is 1. The highest BCUT2D eigenvalue weighted by Gasteiger charge is 2.46. The van der Waals surface area contributed by atoms with Crippen LogP contribution in [0.3, 0.4) is 0 Å². The van der Waals surface area contributed by atoms with E-state index in [0.717, 1.165) is 25.7 Å². The van der Waals surface area contributed by atoms with Gasteiger partial charge in [-0.3, -0.25) is 4.90 Å². The van der Waals surface area contributed by atoms with Crippen molar-refractivity contribution in [3.8, 4) is 0 Å². The van der Waals surface area contributed by atoms with Gasteiger partial charge in [0.2, 0.25) is 0 Å². The average molecular weight is 226 g/mol. The minimum atomic E-state index is 0.257. The van der Waals surface area contributed by atoms with E-state index >= 15 is 0 Å². The fourth-order valence-corrected chi connectivity index (χ4v) is 3.78. The minimum Gasteiger partial charge on any atom is -0.380 e. The Labute approximate surface area is 99.3 Å². The van der Waals surface area contributed by atoms with Crippen LogP contribution in [-0.4, -0.2) is 43.3 Å². The second kappa shape index (κ2) is 5.03. The monoisotopic (exact) mass is 226 g/mol. The Balaban J connectivity index is 2.12. The molecule has 3 heteroatoms. The predicted molar refractivity (Wildman–Crippen MR) is 66.4 cm³/mol. The maximum Gasteiger partial charge on any atom is 0.0622 e. The molecule has 1 saturated carbocycles. The van der Waals surface area contributed by atoms with Gasteiger partial charge in [0.05, 0.1) is 6.61 Å². The Morgan fingerprint density at radius 3 is 2.81 bits per heavy atom. The third-order valence-electron chi connectivity index (χ3n) is 4.92. The highest BCUT2D eigenvalue weighted by atomic mass is 16.5. The molecule has 0 bridgehead atoms. The molecule has 1 heterocycles. The molecule has 0 aromatic rings. The summed E-state index contributed by atoms with van der Waals surface area (Å²) >= 11 is 0. The molecule has 1 aliphatic carbocycles. The molecule has 1 saturated heterocycles. The number of likely N-dealkylation sites (N-methyl/N-ethyl adjacent to an activating group) is 1. The zero-order chi connectivity index (χ0) is 11.6. The summed E-state index contributed by atoms with van der Waals surface area (Å²) in [5.41, 5.74) is 6.38. The summed E-state index contributed by atoms with van der Waals surface area (Å²) in [7, 11) is 2.26. The van der Waals surface area contributed by atoms with Gasteiger partial charge in [0.1, 0.15) is 0 Å². The van der Waals surface area contributed by atoms with Crippen molar-refractivity contribution in [3.05, 3.63) is 0 Å². The van der Waals surface area contributed by atoms with Gasteiger partial charge >= 0.3 is 0 Å². The number of hydrogen-bond donors (Lipinski definition) is 1. The van der Waals surface area contributed by atoms with E-state index in [2.05, 4.69) is 18.9 Å². The van der Waals surface area contributed by atoms with E-state index < -0.39 is 0 Å². The van der Waals surface area contributed by atoms with Crippen LogP contribution in [-0.2, 0) is 4.74 Å². The Bertz CT molecular complexity index is 228. The fraction of sp³-hybridized carbons (Fsp3) is 1.00. The van der Waals surface area contributed by atoms with E-state index in [9.17, 15) is 0 Å². The summed E-state index contributed by atoms with van der Waals surface area (Å²) in [6.07, 6.45) is 6.40. The molecule has 3 unspecified atom stereocenters. The molecule has 2 aliphatic rings. The molecular weight excluding hydrogens is 200 g/mol. The molecule has 1 aliphatic heterocycles. The van der Waals surface area contributed by atoms with Gasteiger partial charge in [0.15, 0.2) is 0 Å². The number of nitrogens with two attached hydrogens (primary N) is 1. The van der Waals surface area contributed by atoms with E-state index in [0.29, 0.717) is 6.04 Å². The summed E-state index contributed by atoms with van der Waals surface area (Å²) < 4.78 is 5.51. The lowest BCUT2D eigenvalue weighted by Gasteiger charge is -2.45. The average Bonchev–Trinajstić information content (AvgIpc) is 2.97. The second-order valence-electron chi connectivity index (χ2n) is 5.43. The lowest BCUT2D eigenvalue weighted by molar-refractivity contribution is 0.0356. The van der Waals surface area contributed by atoms with E-state index in [4.69, 9.17) is 10.5 Å². The maximum absolute atomic E-state index is 6.12. The molecule has 2 rings (SSSR count). The van der Waals surface area contributed by atoms with Gasteiger partial charge in [-0.05, 0) is 32.2 Å². The van der Waals surface area contributed by atoms with Gasteiger partial charge in [0.25, 0.3) is 0 Å². The van der Waals surface area contributed by atoms with Crippen molar-refractivity contribution < 1.29 is 4.74 Å². The first-order valence-electron chi connectivity index (χ1n) is 6.75. The topological polar surface area (TPSA) is 38.5 Å². The maximum atomic E-state index is 6.12. The van der Waals surface area contributed by atoms with Gasteiger partial charge in [-0.1, -0.05) is 19.8 Å². The van der Waals surface area contributed by atoms with E-state index in [1.807, 2.05) is 0 Å². The van der Waals surface area contributed by atoms with Crippen LogP contribution in [0.25, 0.3) is 0 Å². The Kier molecular flexibility index (Phi) is 3.88. The van der Waals surface area contributed by atoms with Crippen LogP contribution in [0.15, 0.2) is 0 Å². The normalized spacial score (nSPS) is 39.8. The first-order valence-corrected chi connectivity index (χ1v) is 6.75. The van der Waals surface area contributed by atoms with Crippen molar-refractivity contribution in [2.75, 3.05) is 26.8 Å². The Hall–Kier alpha value is -0.120. The molecule has 0 aromatic heterocycles. The van der Waals surface area contributed by atoms with E-state index in [-0.39, 0.29) is 5.54 Å². The standard InChI is InChI=1S/C13H26N2O/c1-3-11-5-4-7-13(11,10-14)15(2)12-6-8-16-9-12/h11-12H,3-10,14H2,1-2H3. The van der Waals surface area contributed by atoms with Crippen LogP contribution in [0.1, 0.15) is 39.0 Å². The van der Waals surface area contributed by atoms with Crippen molar-refractivity contribution in [1.29, 1.82) is 0 Å². The predicted octanol–water partition coefficient (Wildman–Crippen LogP) is 1.61. The minimum absolute atomic E-state index is 0.257. The van der Waals surface area contributed by atoms with Crippen LogP contribution >= 0.6 is 0 Å². The third-order valence-corrected chi connectivity index (χ3v) is 4.92. The first-order chi connectivity index (χ1) is 7.74. The zero-order valence-corrected chi connectivity index (χ0v) is 10.7. The fourth-order valence-electron chi connectivity index (χ4n) is 3.78. The largest absolute Gasteiger partial charge is 0.380 e. The van der Waals surface area contributed by atoms with Crippen molar-refractivity contribution in [3.63, 3.8) is 0 Å². The molecule has 3 atom stereocenters. The van der Waals surface area contributed by atoms with Gasteiger partial charge < -0.3 is 10.5 Å². The Morgan fingerprint density at radius 2 is 2.25 bits per heavy atom. The van der Waals surface area contributed by atoms with Crippen LogP contribution < -0.4 is 5.73 Å². The quantitative estimate of drug-likeness (QED) is 0.791. The van der Waals surface area contributed by atoms with Crippen LogP contribution in [0, 0.1) is 5.92 Å². The lowest BCUT2D eigenvalue weighted by Crippen LogP contribution is -2.58. The van der Waals surface area contributed by atoms with Crippen molar-refractivity contribution >= 4 is 0 Å². The van der Waals surface area contributed by atoms with Gasteiger partial charge in [0, 0.05) is 24.7 Å². The van der Waals surface area contributed by atoms with Crippen LogP contribution in [0.2, 0.25) is 0 Å². The van der Waals surface area contributed by atoms with Crippen molar-refractivity contribution in [2.45, 2.75) is 50.6 Å². The molecule has 0 amide bonds. The van der Waals surface area contributed by atoms with E-state index in [1.165, 1.54) is 32.1 Å². The van der Waals surface area contributed by atoms with Gasteiger partial charge in [-0.25, -0.2) is 0 Å². The molecular formula is C13H26N2O. The molecule has 2 N–H and O–H groups in total. The van der Waals surface area contributed by atoms with Crippen molar-refractivity contribution in [1.82, 2.24) is 4.90 Å². The highest BCUT2D eigenvalue weighted by molar-refractivity contribution is 5.02. The number of rotatable bonds is 4. The molecule has 16 heavy (non-hydrogen) atoms. The van der Waals surface area contributed by atoms with Crippen LogP contribution in [0.5, 0.6) is 0 Å². The summed E-state index contributed by atoms with van der Waals surface area (Å²) in [5, 5.41) is 0. The van der Waals surface area contributed by atoms with Gasteiger partial charge in [-0.2, -0.15) is 0 Å². The third kappa shape index (κ3) is 1.89. The zero-order valence-electron chi connectivity index (χ0n) is 10.7. The highest BCUT2D eigenvalue weighted by Crippen LogP contribution is 2.42. The molecule has 0 aromatic carbocycles. The summed E-state index contributed by atoms with van der Waals surface area (Å²) in [6.45, 7) is 4.93. The van der Waals surface area contributed by atoms with E-state index in [1.54, 1.807) is 0 Å². The molecule has 94 valence electrons. The molecule has 0 radical (unpaired) electrons. The summed E-state index contributed by atoms with van der Waals surface area (Å²) in [4.78, 5) is 2.56. The first kappa shape index (κ1) is 12.3. The van der Waals surface area contributed by atoms with Gasteiger partial charge in [-0.15, -0.1) is 0 Å². The lowest BCUT2D eigenvalue weighted by atomic mass is 9.82. The second-order valence-corrected chi connectivity index (χ2v) is 5.43. The molecule has 3 nitrogen and oxygen atoms in total. The summed E-state index contributed by atoms with van der Waals surface area (Å²) in [6, 6.07) is 0.593. The smallest absolute Gasteiger partial charge is 0.0622 e. The molecule has 2 fully saturated rings. The number of nitrogens with zero attached hydrogens (tertiary/aromatic N) is 1. The van der Waals surface area contributed by atoms with Crippen LogP contribution in [0.4, 0.5) is 0 Å². The summed E-state index contributed by atoms with van der Waals surface area (Å²) in [5.74, 6) is 0.781. The number of hydrogen-bond acceptors (Lipinski definition) is 3. The van der Waals surface area contributed by atoms with Crippen molar-refractivity contribution in [2.24, 2.45) is 11.7 Å². The Morgan fingerprint density at radius 1 is 1.44 bits per heavy atom.